The van der Waals surface area contributed by atoms with E-state index < -0.39 is 11.9 Å². The predicted octanol–water partition coefficient (Wildman–Crippen LogP) is 0.428. The highest BCUT2D eigenvalue weighted by molar-refractivity contribution is 5.85. The van der Waals surface area contributed by atoms with Crippen LogP contribution in [0.5, 0.6) is 0 Å². The van der Waals surface area contributed by atoms with Gasteiger partial charge in [0.05, 0.1) is 18.4 Å². The third-order valence-corrected chi connectivity index (χ3v) is 3.92. The number of hydrogen-bond acceptors (Lipinski definition) is 4. The summed E-state index contributed by atoms with van der Waals surface area (Å²) < 4.78 is 4.98. The van der Waals surface area contributed by atoms with Crippen molar-refractivity contribution in [3.8, 4) is 0 Å². The Morgan fingerprint density at radius 3 is 2.55 bits per heavy atom. The normalized spacial score (nSPS) is 25.9. The van der Waals surface area contributed by atoms with Crippen LogP contribution in [-0.2, 0) is 14.3 Å². The van der Waals surface area contributed by atoms with Gasteiger partial charge in [-0.1, -0.05) is 6.92 Å². The highest BCUT2D eigenvalue weighted by Crippen LogP contribution is 2.36. The molecule has 0 heterocycles. The molecule has 1 rings (SSSR count). The summed E-state index contributed by atoms with van der Waals surface area (Å²) in [6, 6.07) is 0. The molecule has 0 aromatic rings. The second-order valence-electron chi connectivity index (χ2n) is 5.71. The van der Waals surface area contributed by atoms with E-state index in [1.54, 1.807) is 7.11 Å². The van der Waals surface area contributed by atoms with Crippen molar-refractivity contribution in [2.24, 2.45) is 17.8 Å². The number of carbonyl (C=O) groups excluding carboxylic acids is 1. The zero-order chi connectivity index (χ0) is 15.1. The van der Waals surface area contributed by atoms with Crippen molar-refractivity contribution in [1.29, 1.82) is 0 Å². The molecule has 1 unspecified atom stereocenters. The number of carbonyl (C=O) groups is 2. The molecule has 3 atom stereocenters. The summed E-state index contributed by atoms with van der Waals surface area (Å²) >= 11 is 0. The Labute approximate surface area is 120 Å². The molecule has 0 saturated heterocycles. The van der Waals surface area contributed by atoms with Crippen LogP contribution in [0.4, 0.5) is 0 Å². The largest absolute Gasteiger partial charge is 0.481 e. The highest BCUT2D eigenvalue weighted by atomic mass is 16.5. The smallest absolute Gasteiger partial charge is 0.307 e. The number of carboxylic acid groups (broad SMARTS) is 1. The summed E-state index contributed by atoms with van der Waals surface area (Å²) in [4.78, 5) is 25.3. The van der Waals surface area contributed by atoms with Gasteiger partial charge in [0.25, 0.3) is 0 Å². The molecule has 0 aromatic carbocycles. The number of carboxylic acids is 1. The van der Waals surface area contributed by atoms with Crippen LogP contribution in [-0.4, -0.2) is 62.3 Å². The Kier molecular flexibility index (Phi) is 6.95. The second-order valence-corrected chi connectivity index (χ2v) is 5.71. The van der Waals surface area contributed by atoms with Crippen molar-refractivity contribution in [2.75, 3.05) is 40.4 Å². The van der Waals surface area contributed by atoms with Crippen molar-refractivity contribution in [2.45, 2.75) is 19.8 Å². The highest BCUT2D eigenvalue weighted by Gasteiger charge is 2.40. The molecule has 0 radical (unpaired) electrons. The minimum atomic E-state index is -0.855. The minimum Gasteiger partial charge on any atom is -0.481 e. The maximum Gasteiger partial charge on any atom is 0.307 e. The van der Waals surface area contributed by atoms with Crippen LogP contribution in [0.15, 0.2) is 0 Å². The fraction of sp³-hybridized carbons (Fsp3) is 0.857. The molecule has 1 amide bonds. The maximum absolute atomic E-state index is 12.1. The Morgan fingerprint density at radius 1 is 1.30 bits per heavy atom. The van der Waals surface area contributed by atoms with Crippen molar-refractivity contribution in [3.05, 3.63) is 0 Å². The van der Waals surface area contributed by atoms with Crippen molar-refractivity contribution >= 4 is 11.9 Å². The van der Waals surface area contributed by atoms with Crippen molar-refractivity contribution in [3.63, 3.8) is 0 Å². The van der Waals surface area contributed by atoms with Gasteiger partial charge in [-0.2, -0.15) is 0 Å². The molecular formula is C14H26N2O4. The molecule has 0 spiro atoms. The Hall–Kier alpha value is -1.14. The van der Waals surface area contributed by atoms with Gasteiger partial charge in [-0.25, -0.2) is 0 Å². The summed E-state index contributed by atoms with van der Waals surface area (Å²) in [7, 11) is 3.62. The quantitative estimate of drug-likeness (QED) is 0.676. The second kappa shape index (κ2) is 8.21. The maximum atomic E-state index is 12.1. The number of amides is 1. The van der Waals surface area contributed by atoms with E-state index in [9.17, 15) is 9.59 Å². The average Bonchev–Trinajstić information content (AvgIpc) is 2.78. The van der Waals surface area contributed by atoms with E-state index in [1.807, 2.05) is 14.0 Å². The lowest BCUT2D eigenvalue weighted by Gasteiger charge is -2.19. The average molecular weight is 286 g/mol. The number of methoxy groups -OCH3 is 1. The van der Waals surface area contributed by atoms with Crippen LogP contribution in [0, 0.1) is 17.8 Å². The first kappa shape index (κ1) is 16.9. The fourth-order valence-electron chi connectivity index (χ4n) is 2.71. The molecular weight excluding hydrogens is 260 g/mol. The molecule has 1 aliphatic rings. The van der Waals surface area contributed by atoms with Crippen LogP contribution in [0.1, 0.15) is 19.8 Å². The number of rotatable bonds is 8. The molecule has 1 aliphatic carbocycles. The van der Waals surface area contributed by atoms with Crippen LogP contribution < -0.4 is 5.32 Å². The number of ether oxygens (including phenoxy) is 1. The standard InChI is InChI=1S/C14H26N2O4/c1-10-8-11(12(9-10)14(18)19)13(17)15-4-5-16(2)6-7-20-3/h10-12H,4-9H2,1-3H3,(H,15,17)(H,18,19)/t10?,11-,12+/m0/s1. The van der Waals surface area contributed by atoms with Gasteiger partial charge in [-0.05, 0) is 25.8 Å². The van der Waals surface area contributed by atoms with Gasteiger partial charge in [0.1, 0.15) is 0 Å². The van der Waals surface area contributed by atoms with E-state index in [4.69, 9.17) is 9.84 Å². The Morgan fingerprint density at radius 2 is 1.95 bits per heavy atom. The summed E-state index contributed by atoms with van der Waals surface area (Å²) in [6.07, 6.45) is 1.27. The fourth-order valence-corrected chi connectivity index (χ4v) is 2.71. The number of likely N-dealkylation sites (N-methyl/N-ethyl adjacent to an activating group) is 1. The molecule has 0 aliphatic heterocycles. The first-order chi connectivity index (χ1) is 9.45. The van der Waals surface area contributed by atoms with Gasteiger partial charge >= 0.3 is 5.97 Å². The van der Waals surface area contributed by atoms with Crippen molar-refractivity contribution < 1.29 is 19.4 Å². The van der Waals surface area contributed by atoms with E-state index >= 15 is 0 Å². The van der Waals surface area contributed by atoms with Gasteiger partial charge in [0.2, 0.25) is 5.91 Å². The molecule has 1 fully saturated rings. The van der Waals surface area contributed by atoms with Gasteiger partial charge in [-0.15, -0.1) is 0 Å². The lowest BCUT2D eigenvalue weighted by Crippen LogP contribution is -2.39. The zero-order valence-electron chi connectivity index (χ0n) is 12.6. The van der Waals surface area contributed by atoms with E-state index in [-0.39, 0.29) is 11.8 Å². The van der Waals surface area contributed by atoms with Crippen LogP contribution in [0.3, 0.4) is 0 Å². The van der Waals surface area contributed by atoms with Crippen LogP contribution >= 0.6 is 0 Å². The van der Waals surface area contributed by atoms with Gasteiger partial charge in [0, 0.05) is 26.7 Å². The van der Waals surface area contributed by atoms with E-state index in [0.29, 0.717) is 31.9 Å². The summed E-state index contributed by atoms with van der Waals surface area (Å²) in [5, 5.41) is 12.0. The molecule has 2 N–H and O–H groups in total. The van der Waals surface area contributed by atoms with Gasteiger partial charge < -0.3 is 20.1 Å². The molecule has 0 bridgehead atoms. The molecule has 20 heavy (non-hydrogen) atoms. The SMILES string of the molecule is COCCN(C)CCNC(=O)[C@H]1CC(C)C[C@H]1C(=O)O. The lowest BCUT2D eigenvalue weighted by atomic mass is 9.95. The van der Waals surface area contributed by atoms with Crippen LogP contribution in [0.25, 0.3) is 0 Å². The molecule has 116 valence electrons. The number of hydrogen-bond donors (Lipinski definition) is 2. The predicted molar refractivity (Wildman–Crippen MR) is 75.4 cm³/mol. The monoisotopic (exact) mass is 286 g/mol. The summed E-state index contributed by atoms with van der Waals surface area (Å²) in [6.45, 7) is 4.74. The first-order valence-corrected chi connectivity index (χ1v) is 7.13. The topological polar surface area (TPSA) is 78.9 Å². The number of nitrogens with one attached hydrogen (secondary N) is 1. The van der Waals surface area contributed by atoms with Gasteiger partial charge in [-0.3, -0.25) is 9.59 Å². The lowest BCUT2D eigenvalue weighted by molar-refractivity contribution is -0.146. The van der Waals surface area contributed by atoms with E-state index in [2.05, 4.69) is 10.2 Å². The molecule has 0 aromatic heterocycles. The number of aliphatic carboxylic acids is 1. The minimum absolute atomic E-state index is 0.123. The molecule has 1 saturated carbocycles. The first-order valence-electron chi connectivity index (χ1n) is 7.13. The van der Waals surface area contributed by atoms with Crippen LogP contribution in [0.2, 0.25) is 0 Å². The number of nitrogens with zero attached hydrogens (tertiary/aromatic N) is 1. The Balaban J connectivity index is 2.33. The Bertz CT molecular complexity index is 335. The third-order valence-electron chi connectivity index (χ3n) is 3.92. The van der Waals surface area contributed by atoms with E-state index in [1.165, 1.54) is 0 Å². The van der Waals surface area contributed by atoms with Gasteiger partial charge in [0.15, 0.2) is 0 Å². The zero-order valence-corrected chi connectivity index (χ0v) is 12.6. The molecule has 6 nitrogen and oxygen atoms in total. The third kappa shape index (κ3) is 5.09. The van der Waals surface area contributed by atoms with Crippen molar-refractivity contribution in [1.82, 2.24) is 10.2 Å². The molecule has 6 heteroatoms. The van der Waals surface area contributed by atoms with E-state index in [0.717, 1.165) is 13.1 Å². The summed E-state index contributed by atoms with van der Waals surface area (Å²) in [5.74, 6) is -1.59. The summed E-state index contributed by atoms with van der Waals surface area (Å²) in [5.41, 5.74) is 0.